The molecule has 1 aromatic heterocycles. The lowest BCUT2D eigenvalue weighted by molar-refractivity contribution is 0.555. The van der Waals surface area contributed by atoms with Gasteiger partial charge in [0, 0.05) is 6.54 Å². The first-order valence-corrected chi connectivity index (χ1v) is 4.30. The SMILES string of the molecule is CCn1cc(C2(N=C=O)CC2)nn1. The molecule has 1 heterocycles. The normalized spacial score (nSPS) is 17.9. The minimum Gasteiger partial charge on any atom is -0.252 e. The van der Waals surface area contributed by atoms with Gasteiger partial charge >= 0.3 is 0 Å². The van der Waals surface area contributed by atoms with Crippen LogP contribution in [0.2, 0.25) is 0 Å². The van der Waals surface area contributed by atoms with Crippen molar-refractivity contribution in [1.82, 2.24) is 15.0 Å². The summed E-state index contributed by atoms with van der Waals surface area (Å²) >= 11 is 0. The first-order valence-electron chi connectivity index (χ1n) is 4.30. The van der Waals surface area contributed by atoms with Crippen molar-refractivity contribution in [1.29, 1.82) is 0 Å². The van der Waals surface area contributed by atoms with Crippen molar-refractivity contribution >= 4 is 6.08 Å². The van der Waals surface area contributed by atoms with E-state index < -0.39 is 0 Å². The van der Waals surface area contributed by atoms with E-state index in [1.807, 2.05) is 13.1 Å². The fourth-order valence-corrected chi connectivity index (χ4v) is 1.30. The Hall–Kier alpha value is -1.48. The van der Waals surface area contributed by atoms with Crippen molar-refractivity contribution in [2.24, 2.45) is 4.99 Å². The highest BCUT2D eigenvalue weighted by atomic mass is 16.1. The number of nitrogens with zero attached hydrogens (tertiary/aromatic N) is 4. The summed E-state index contributed by atoms with van der Waals surface area (Å²) in [5, 5.41) is 7.88. The van der Waals surface area contributed by atoms with Gasteiger partial charge in [-0.05, 0) is 19.8 Å². The van der Waals surface area contributed by atoms with E-state index in [1.165, 1.54) is 0 Å². The van der Waals surface area contributed by atoms with E-state index in [4.69, 9.17) is 0 Å². The Kier molecular flexibility index (Phi) is 1.74. The fourth-order valence-electron chi connectivity index (χ4n) is 1.30. The molecule has 5 nitrogen and oxygen atoms in total. The van der Waals surface area contributed by atoms with Crippen molar-refractivity contribution in [2.45, 2.75) is 31.8 Å². The Labute approximate surface area is 75.5 Å². The smallest absolute Gasteiger partial charge is 0.235 e. The van der Waals surface area contributed by atoms with Gasteiger partial charge in [-0.2, -0.15) is 4.99 Å². The molecule has 0 atom stereocenters. The molecule has 0 spiro atoms. The number of hydrogen-bond donors (Lipinski definition) is 0. The van der Waals surface area contributed by atoms with E-state index in [0.717, 1.165) is 25.1 Å². The lowest BCUT2D eigenvalue weighted by atomic mass is 10.2. The number of carbonyl (C=O) groups excluding carboxylic acids is 1. The second kappa shape index (κ2) is 2.78. The molecule has 1 fully saturated rings. The molecular weight excluding hydrogens is 168 g/mol. The predicted octanol–water partition coefficient (Wildman–Crippen LogP) is 0.623. The maximum atomic E-state index is 10.2. The molecule has 0 saturated heterocycles. The van der Waals surface area contributed by atoms with Gasteiger partial charge in [0.1, 0.15) is 11.2 Å². The summed E-state index contributed by atoms with van der Waals surface area (Å²) in [5.74, 6) is 0. The third-order valence-corrected chi connectivity index (χ3v) is 2.32. The molecule has 13 heavy (non-hydrogen) atoms. The van der Waals surface area contributed by atoms with Crippen molar-refractivity contribution in [3.05, 3.63) is 11.9 Å². The lowest BCUT2D eigenvalue weighted by Crippen LogP contribution is -2.02. The van der Waals surface area contributed by atoms with Crippen LogP contribution in [0.4, 0.5) is 0 Å². The number of aryl methyl sites for hydroxylation is 1. The summed E-state index contributed by atoms with van der Waals surface area (Å²) < 4.78 is 1.73. The first-order chi connectivity index (χ1) is 6.30. The van der Waals surface area contributed by atoms with Gasteiger partial charge in [-0.25, -0.2) is 4.79 Å². The Morgan fingerprint density at radius 2 is 2.54 bits per heavy atom. The minimum atomic E-state index is -0.380. The highest BCUT2D eigenvalue weighted by molar-refractivity contribution is 5.38. The molecule has 1 aliphatic rings. The molecule has 0 bridgehead atoms. The Bertz CT molecular complexity index is 360. The van der Waals surface area contributed by atoms with Gasteiger partial charge in [0.25, 0.3) is 0 Å². The third-order valence-electron chi connectivity index (χ3n) is 2.32. The van der Waals surface area contributed by atoms with Crippen LogP contribution in [-0.2, 0) is 16.9 Å². The molecule has 0 unspecified atom stereocenters. The van der Waals surface area contributed by atoms with Crippen molar-refractivity contribution < 1.29 is 4.79 Å². The van der Waals surface area contributed by atoms with E-state index in [9.17, 15) is 4.79 Å². The quantitative estimate of drug-likeness (QED) is 0.503. The zero-order valence-corrected chi connectivity index (χ0v) is 7.40. The Balaban J connectivity index is 2.30. The molecule has 0 amide bonds. The van der Waals surface area contributed by atoms with Crippen molar-refractivity contribution in [3.8, 4) is 0 Å². The van der Waals surface area contributed by atoms with E-state index in [2.05, 4.69) is 15.3 Å². The number of aromatic nitrogens is 3. The van der Waals surface area contributed by atoms with Crippen molar-refractivity contribution in [3.63, 3.8) is 0 Å². The topological polar surface area (TPSA) is 60.1 Å². The Morgan fingerprint density at radius 3 is 3.00 bits per heavy atom. The number of isocyanates is 1. The second-order valence-electron chi connectivity index (χ2n) is 3.19. The molecule has 2 rings (SSSR count). The Morgan fingerprint density at radius 1 is 1.77 bits per heavy atom. The van der Waals surface area contributed by atoms with Gasteiger partial charge in [-0.3, -0.25) is 4.68 Å². The van der Waals surface area contributed by atoms with Gasteiger partial charge < -0.3 is 0 Å². The van der Waals surface area contributed by atoms with Crippen LogP contribution in [0, 0.1) is 0 Å². The second-order valence-corrected chi connectivity index (χ2v) is 3.19. The van der Waals surface area contributed by atoms with Crippen LogP contribution in [0.1, 0.15) is 25.5 Å². The number of rotatable bonds is 3. The molecular formula is C8H10N4O. The highest BCUT2D eigenvalue weighted by Crippen LogP contribution is 2.48. The van der Waals surface area contributed by atoms with E-state index in [0.29, 0.717) is 0 Å². The lowest BCUT2D eigenvalue weighted by Gasteiger charge is -1.99. The zero-order chi connectivity index (χ0) is 9.31. The van der Waals surface area contributed by atoms with Crippen LogP contribution in [0.3, 0.4) is 0 Å². The van der Waals surface area contributed by atoms with Crippen LogP contribution >= 0.6 is 0 Å². The minimum absolute atomic E-state index is 0.380. The third kappa shape index (κ3) is 1.27. The summed E-state index contributed by atoms with van der Waals surface area (Å²) in [7, 11) is 0. The monoisotopic (exact) mass is 178 g/mol. The first kappa shape index (κ1) is 8.13. The maximum absolute atomic E-state index is 10.2. The fraction of sp³-hybridized carbons (Fsp3) is 0.625. The van der Waals surface area contributed by atoms with Crippen LogP contribution < -0.4 is 0 Å². The maximum Gasteiger partial charge on any atom is 0.235 e. The van der Waals surface area contributed by atoms with E-state index >= 15 is 0 Å². The molecule has 5 heteroatoms. The molecule has 1 saturated carbocycles. The zero-order valence-electron chi connectivity index (χ0n) is 7.40. The van der Waals surface area contributed by atoms with Crippen LogP contribution in [-0.4, -0.2) is 21.1 Å². The number of aliphatic imine (C=N–C) groups is 1. The molecule has 0 N–H and O–H groups in total. The average molecular weight is 178 g/mol. The molecule has 1 aliphatic carbocycles. The largest absolute Gasteiger partial charge is 0.252 e. The standard InChI is InChI=1S/C8H10N4O/c1-2-12-5-7(10-11-12)8(3-4-8)9-6-13/h5H,2-4H2,1H3. The summed E-state index contributed by atoms with van der Waals surface area (Å²) in [6.45, 7) is 2.77. The molecule has 0 aromatic carbocycles. The van der Waals surface area contributed by atoms with Gasteiger partial charge in [0.05, 0.1) is 6.20 Å². The summed E-state index contributed by atoms with van der Waals surface area (Å²) in [4.78, 5) is 13.9. The van der Waals surface area contributed by atoms with Crippen LogP contribution in [0.5, 0.6) is 0 Å². The van der Waals surface area contributed by atoms with Gasteiger partial charge in [-0.15, -0.1) is 5.10 Å². The number of hydrogen-bond acceptors (Lipinski definition) is 4. The van der Waals surface area contributed by atoms with Crippen LogP contribution in [0.15, 0.2) is 11.2 Å². The summed E-state index contributed by atoms with van der Waals surface area (Å²) in [6, 6.07) is 0. The summed E-state index contributed by atoms with van der Waals surface area (Å²) in [6.07, 6.45) is 5.19. The molecule has 68 valence electrons. The highest BCUT2D eigenvalue weighted by Gasteiger charge is 2.47. The van der Waals surface area contributed by atoms with E-state index in [-0.39, 0.29) is 5.54 Å². The van der Waals surface area contributed by atoms with Gasteiger partial charge in [0.2, 0.25) is 6.08 Å². The summed E-state index contributed by atoms with van der Waals surface area (Å²) in [5.41, 5.74) is 0.410. The van der Waals surface area contributed by atoms with Gasteiger partial charge in [0.15, 0.2) is 0 Å². The molecule has 1 aromatic rings. The van der Waals surface area contributed by atoms with E-state index in [1.54, 1.807) is 10.8 Å². The van der Waals surface area contributed by atoms with Crippen LogP contribution in [0.25, 0.3) is 0 Å². The predicted molar refractivity (Wildman–Crippen MR) is 44.7 cm³/mol. The molecule has 0 aliphatic heterocycles. The van der Waals surface area contributed by atoms with Gasteiger partial charge in [-0.1, -0.05) is 5.21 Å². The molecule has 0 radical (unpaired) electrons. The average Bonchev–Trinajstić information content (AvgIpc) is 2.78. The van der Waals surface area contributed by atoms with Crippen molar-refractivity contribution in [2.75, 3.05) is 0 Å².